The fourth-order valence-corrected chi connectivity index (χ4v) is 8.05. The zero-order valence-corrected chi connectivity index (χ0v) is 26.1. The summed E-state index contributed by atoms with van der Waals surface area (Å²) in [5, 5.41) is 2.40. The Kier molecular flexibility index (Phi) is 6.91. The summed E-state index contributed by atoms with van der Waals surface area (Å²) >= 11 is -0.305. The van der Waals surface area contributed by atoms with E-state index in [9.17, 15) is 0 Å². The van der Waals surface area contributed by atoms with Gasteiger partial charge in [-0.15, -0.1) is 0 Å². The Morgan fingerprint density at radius 3 is 2.20 bits per heavy atom. The minimum Gasteiger partial charge on any atom is -0.457 e. The summed E-state index contributed by atoms with van der Waals surface area (Å²) in [7, 11) is 0. The van der Waals surface area contributed by atoms with E-state index in [-0.39, 0.29) is 26.6 Å². The molecule has 6 rings (SSSR count). The first-order valence-electron chi connectivity index (χ1n) is 13.7. The molecule has 0 unspecified atom stereocenters. The number of benzene rings is 4. The van der Waals surface area contributed by atoms with E-state index in [4.69, 9.17) is 9.72 Å². The molecule has 0 spiro atoms. The van der Waals surface area contributed by atoms with E-state index >= 15 is 0 Å². The average Bonchev–Trinajstić information content (AvgIpc) is 3.24. The van der Waals surface area contributed by atoms with Gasteiger partial charge in [0.2, 0.25) is 0 Å². The van der Waals surface area contributed by atoms with Gasteiger partial charge in [-0.2, -0.15) is 0 Å². The molecule has 0 bridgehead atoms. The predicted molar refractivity (Wildman–Crippen MR) is 162 cm³/mol. The van der Waals surface area contributed by atoms with Gasteiger partial charge in [0.15, 0.2) is 7.14 Å². The van der Waals surface area contributed by atoms with Crippen molar-refractivity contribution < 1.29 is 25.9 Å². The number of fused-ring (bicyclic) bond motifs is 3. The van der Waals surface area contributed by atoms with Gasteiger partial charge < -0.3 is 4.74 Å². The molecule has 0 saturated carbocycles. The number of rotatable bonds is 5. The zero-order chi connectivity index (χ0) is 28.0. The van der Waals surface area contributed by atoms with Crippen molar-refractivity contribution in [2.45, 2.75) is 47.0 Å². The third kappa shape index (κ3) is 5.13. The van der Waals surface area contributed by atoms with Crippen molar-refractivity contribution >= 4 is 21.8 Å². The number of nitrogens with zero attached hydrogens (tertiary/aromatic N) is 2. The highest BCUT2D eigenvalue weighted by Gasteiger charge is 2.22. The SMILES string of the molecule is Cc1cc(C)c([I+]c2cccc(Oc3ccc4c5ccccc5n(-c5cc(C(C)(C)C)ccn5)c4c3)c2)c(C)c1. The molecule has 2 heterocycles. The summed E-state index contributed by atoms with van der Waals surface area (Å²) < 4.78 is 11.6. The summed E-state index contributed by atoms with van der Waals surface area (Å²) in [6.45, 7) is 13.3. The van der Waals surface area contributed by atoms with Gasteiger partial charge in [-0.05, 0) is 74.2 Å². The average molecular weight is 638 g/mol. The zero-order valence-electron chi connectivity index (χ0n) is 23.9. The van der Waals surface area contributed by atoms with Crippen LogP contribution in [-0.2, 0) is 5.41 Å². The van der Waals surface area contributed by atoms with Crippen LogP contribution >= 0.6 is 0 Å². The predicted octanol–water partition coefficient (Wildman–Crippen LogP) is 6.32. The number of halogens is 1. The van der Waals surface area contributed by atoms with Crippen molar-refractivity contribution in [3.63, 3.8) is 0 Å². The van der Waals surface area contributed by atoms with Crippen molar-refractivity contribution in [1.29, 1.82) is 0 Å². The lowest BCUT2D eigenvalue weighted by atomic mass is 9.88. The largest absolute Gasteiger partial charge is 0.457 e. The number of ether oxygens (including phenoxy) is 1. The maximum absolute atomic E-state index is 6.49. The quantitative estimate of drug-likeness (QED) is 0.207. The summed E-state index contributed by atoms with van der Waals surface area (Å²) in [6, 6.07) is 32.5. The normalized spacial score (nSPS) is 11.8. The second-order valence-electron chi connectivity index (χ2n) is 11.6. The van der Waals surface area contributed by atoms with Gasteiger partial charge in [-0.3, -0.25) is 4.57 Å². The molecule has 4 aromatic carbocycles. The van der Waals surface area contributed by atoms with Gasteiger partial charge in [-0.1, -0.05) is 62.7 Å². The van der Waals surface area contributed by atoms with Gasteiger partial charge in [0.25, 0.3) is 0 Å². The van der Waals surface area contributed by atoms with E-state index < -0.39 is 0 Å². The Morgan fingerprint density at radius 1 is 0.700 bits per heavy atom. The molecule has 200 valence electrons. The molecule has 0 N–H and O–H groups in total. The number of pyridine rings is 1. The molecular formula is C36H34IN2O+. The van der Waals surface area contributed by atoms with Crippen LogP contribution in [0.15, 0.2) is 97.2 Å². The second kappa shape index (κ2) is 10.4. The molecule has 0 aliphatic carbocycles. The van der Waals surface area contributed by atoms with Crippen LogP contribution in [0.2, 0.25) is 0 Å². The van der Waals surface area contributed by atoms with Crippen LogP contribution in [-0.4, -0.2) is 9.55 Å². The fourth-order valence-electron chi connectivity index (χ4n) is 5.41. The lowest BCUT2D eigenvalue weighted by Crippen LogP contribution is -3.62. The lowest BCUT2D eigenvalue weighted by Gasteiger charge is -2.20. The molecule has 4 heteroatoms. The van der Waals surface area contributed by atoms with Crippen molar-refractivity contribution in [3.05, 3.63) is 127 Å². The highest BCUT2D eigenvalue weighted by atomic mass is 127. The minimum atomic E-state index is -0.305. The molecule has 0 aliphatic heterocycles. The first-order valence-corrected chi connectivity index (χ1v) is 15.8. The first-order chi connectivity index (χ1) is 19.2. The summed E-state index contributed by atoms with van der Waals surface area (Å²) in [6.07, 6.45) is 1.92. The van der Waals surface area contributed by atoms with Crippen molar-refractivity contribution in [1.82, 2.24) is 9.55 Å². The van der Waals surface area contributed by atoms with E-state index in [1.54, 1.807) is 0 Å². The van der Waals surface area contributed by atoms with Crippen LogP contribution in [0.5, 0.6) is 11.5 Å². The van der Waals surface area contributed by atoms with Crippen molar-refractivity contribution in [3.8, 4) is 17.3 Å². The van der Waals surface area contributed by atoms with Crippen LogP contribution in [0.25, 0.3) is 27.6 Å². The van der Waals surface area contributed by atoms with Crippen LogP contribution in [0.1, 0.15) is 43.0 Å². The Bertz CT molecular complexity index is 1850. The smallest absolute Gasteiger partial charge is 0.358 e. The monoisotopic (exact) mass is 637 g/mol. The number of aromatic nitrogens is 2. The maximum atomic E-state index is 6.49. The lowest BCUT2D eigenvalue weighted by molar-refractivity contribution is -0.598. The summed E-state index contributed by atoms with van der Waals surface area (Å²) in [5.74, 6) is 2.61. The molecule has 0 saturated heterocycles. The van der Waals surface area contributed by atoms with Crippen molar-refractivity contribution in [2.75, 3.05) is 0 Å². The van der Waals surface area contributed by atoms with Crippen LogP contribution in [0.4, 0.5) is 0 Å². The van der Waals surface area contributed by atoms with Crippen LogP contribution in [0, 0.1) is 27.9 Å². The Morgan fingerprint density at radius 2 is 1.43 bits per heavy atom. The standard InChI is InChI=1S/C36H34IN2O/c1-23-18-24(2)35(25(3)19-23)37-27-10-9-11-28(21-27)40-29-14-15-31-30-12-7-8-13-32(30)39(33(31)22-29)34-20-26(16-17-38-34)36(4,5)6/h7-22H,1-6H3/q+1. The summed E-state index contributed by atoms with van der Waals surface area (Å²) in [4.78, 5) is 4.81. The maximum Gasteiger partial charge on any atom is 0.358 e. The second-order valence-corrected chi connectivity index (χ2v) is 14.4. The van der Waals surface area contributed by atoms with Gasteiger partial charge in [0, 0.05) is 40.2 Å². The third-order valence-corrected chi connectivity index (χ3v) is 10.8. The third-order valence-electron chi connectivity index (χ3n) is 7.30. The van der Waals surface area contributed by atoms with E-state index in [0.29, 0.717) is 0 Å². The van der Waals surface area contributed by atoms with E-state index in [1.807, 2.05) is 6.20 Å². The molecule has 0 fully saturated rings. The number of para-hydroxylation sites is 1. The number of hydrogen-bond donors (Lipinski definition) is 0. The van der Waals surface area contributed by atoms with E-state index in [0.717, 1.165) is 28.4 Å². The van der Waals surface area contributed by atoms with Crippen molar-refractivity contribution in [2.24, 2.45) is 0 Å². The molecular weight excluding hydrogens is 603 g/mol. The molecule has 40 heavy (non-hydrogen) atoms. The number of hydrogen-bond acceptors (Lipinski definition) is 2. The number of aryl methyl sites for hydroxylation is 3. The van der Waals surface area contributed by atoms with E-state index in [2.05, 4.69) is 137 Å². The van der Waals surface area contributed by atoms with Gasteiger partial charge in [0.05, 0.1) is 11.0 Å². The molecule has 0 amide bonds. The summed E-state index contributed by atoms with van der Waals surface area (Å²) in [5.41, 5.74) is 7.63. The molecule has 0 aliphatic rings. The Hall–Kier alpha value is -3.64. The van der Waals surface area contributed by atoms with E-state index in [1.165, 1.54) is 40.2 Å². The van der Waals surface area contributed by atoms with Gasteiger partial charge >= 0.3 is 21.2 Å². The fraction of sp³-hybridized carbons (Fsp3) is 0.194. The topological polar surface area (TPSA) is 27.1 Å². The Labute approximate surface area is 247 Å². The van der Waals surface area contributed by atoms with Crippen LogP contribution in [0.3, 0.4) is 0 Å². The van der Waals surface area contributed by atoms with Crippen LogP contribution < -0.4 is 25.9 Å². The molecule has 2 aromatic heterocycles. The van der Waals surface area contributed by atoms with Gasteiger partial charge in [-0.25, -0.2) is 4.98 Å². The molecule has 3 nitrogen and oxygen atoms in total. The first kappa shape index (κ1) is 26.6. The molecule has 0 atom stereocenters. The highest BCUT2D eigenvalue weighted by molar-refractivity contribution is 6.09. The Balaban J connectivity index is 1.39. The molecule has 0 radical (unpaired) electrons. The highest BCUT2D eigenvalue weighted by Crippen LogP contribution is 2.35. The molecule has 6 aromatic rings. The minimum absolute atomic E-state index is 0.0357. The van der Waals surface area contributed by atoms with Gasteiger partial charge in [0.1, 0.15) is 17.3 Å².